The van der Waals surface area contributed by atoms with Crippen LogP contribution in [0.15, 0.2) is 42.6 Å². The molecule has 0 aliphatic heterocycles. The number of nitrogens with zero attached hydrogens (tertiary/aromatic N) is 1. The van der Waals surface area contributed by atoms with E-state index >= 15 is 0 Å². The van der Waals surface area contributed by atoms with E-state index in [1.807, 2.05) is 36.4 Å². The molecule has 1 aromatic carbocycles. The number of aromatic nitrogens is 1. The van der Waals surface area contributed by atoms with Gasteiger partial charge in [-0.2, -0.15) is 0 Å². The Bertz CT molecular complexity index is 558. The maximum absolute atomic E-state index is 5.79. The van der Waals surface area contributed by atoms with E-state index in [0.717, 1.165) is 35.7 Å². The molecule has 0 unspecified atom stereocenters. The Hall–Kier alpha value is -2.07. The molecule has 21 heavy (non-hydrogen) atoms. The van der Waals surface area contributed by atoms with Gasteiger partial charge in [-0.25, -0.2) is 4.98 Å². The third-order valence-electron chi connectivity index (χ3n) is 3.09. The quantitative estimate of drug-likeness (QED) is 0.804. The van der Waals surface area contributed by atoms with Crippen LogP contribution < -0.4 is 10.1 Å². The molecular formula is C17H22N2O2. The first-order valence-electron chi connectivity index (χ1n) is 7.22. The summed E-state index contributed by atoms with van der Waals surface area (Å²) in [5, 5.41) is 3.32. The maximum Gasteiger partial charge on any atom is 0.131 e. The van der Waals surface area contributed by atoms with E-state index in [1.165, 1.54) is 0 Å². The normalized spacial score (nSPS) is 10.4. The van der Waals surface area contributed by atoms with Gasteiger partial charge in [0.05, 0.1) is 20.3 Å². The van der Waals surface area contributed by atoms with E-state index in [-0.39, 0.29) is 0 Å². The molecule has 0 bridgehead atoms. The van der Waals surface area contributed by atoms with Gasteiger partial charge in [0.15, 0.2) is 0 Å². The number of nitrogens with one attached hydrogen (secondary N) is 1. The van der Waals surface area contributed by atoms with Crippen LogP contribution in [0, 0.1) is 0 Å². The van der Waals surface area contributed by atoms with Crippen molar-refractivity contribution < 1.29 is 9.47 Å². The molecule has 1 aromatic heterocycles. The fraction of sp³-hybridized carbons (Fsp3) is 0.353. The number of rotatable bonds is 8. The lowest BCUT2D eigenvalue weighted by molar-refractivity contribution is 0.107. The Morgan fingerprint density at radius 3 is 2.86 bits per heavy atom. The first-order valence-corrected chi connectivity index (χ1v) is 7.22. The van der Waals surface area contributed by atoms with Crippen molar-refractivity contribution in [3.05, 3.63) is 53.7 Å². The first-order chi connectivity index (χ1) is 10.3. The average Bonchev–Trinajstić information content (AvgIpc) is 2.54. The Morgan fingerprint density at radius 1 is 1.14 bits per heavy atom. The van der Waals surface area contributed by atoms with E-state index in [0.29, 0.717) is 13.2 Å². The molecule has 1 N–H and O–H groups in total. The summed E-state index contributed by atoms with van der Waals surface area (Å²) in [7, 11) is 1.67. The fourth-order valence-electron chi connectivity index (χ4n) is 2.00. The van der Waals surface area contributed by atoms with Crippen LogP contribution >= 0.6 is 0 Å². The van der Waals surface area contributed by atoms with Crippen molar-refractivity contribution in [1.29, 1.82) is 0 Å². The smallest absolute Gasteiger partial charge is 0.131 e. The zero-order valence-corrected chi connectivity index (χ0v) is 12.6. The second kappa shape index (κ2) is 8.27. The summed E-state index contributed by atoms with van der Waals surface area (Å²) >= 11 is 0. The van der Waals surface area contributed by atoms with Gasteiger partial charge < -0.3 is 14.8 Å². The second-order valence-corrected chi connectivity index (χ2v) is 4.78. The summed E-state index contributed by atoms with van der Waals surface area (Å²) in [6.07, 6.45) is 2.87. The van der Waals surface area contributed by atoms with Crippen LogP contribution in [-0.4, -0.2) is 18.6 Å². The predicted molar refractivity (Wildman–Crippen MR) is 84.5 cm³/mol. The van der Waals surface area contributed by atoms with E-state index in [4.69, 9.17) is 9.47 Å². The summed E-state index contributed by atoms with van der Waals surface area (Å²) in [6, 6.07) is 11.9. The topological polar surface area (TPSA) is 43.4 Å². The molecule has 0 fully saturated rings. The second-order valence-electron chi connectivity index (χ2n) is 4.78. The van der Waals surface area contributed by atoms with Gasteiger partial charge in [-0.3, -0.25) is 0 Å². The highest BCUT2D eigenvalue weighted by atomic mass is 16.5. The number of benzene rings is 1. The number of pyridine rings is 1. The highest BCUT2D eigenvalue weighted by Crippen LogP contribution is 2.16. The van der Waals surface area contributed by atoms with Gasteiger partial charge >= 0.3 is 0 Å². The number of hydrogen-bond acceptors (Lipinski definition) is 4. The zero-order chi connectivity index (χ0) is 14.9. The van der Waals surface area contributed by atoms with Gasteiger partial charge in [0.2, 0.25) is 0 Å². The van der Waals surface area contributed by atoms with Crippen LogP contribution in [-0.2, 0) is 18.0 Å². The van der Waals surface area contributed by atoms with Crippen molar-refractivity contribution in [2.24, 2.45) is 0 Å². The molecule has 0 amide bonds. The number of anilines is 1. The molecule has 4 nitrogen and oxygen atoms in total. The summed E-state index contributed by atoms with van der Waals surface area (Å²) in [6.45, 7) is 4.14. The van der Waals surface area contributed by atoms with Gasteiger partial charge in [0, 0.05) is 18.3 Å². The maximum atomic E-state index is 5.79. The summed E-state index contributed by atoms with van der Waals surface area (Å²) in [4.78, 5) is 4.36. The molecule has 2 rings (SSSR count). The summed E-state index contributed by atoms with van der Waals surface area (Å²) < 4.78 is 11.0. The minimum atomic E-state index is 0.539. The van der Waals surface area contributed by atoms with Crippen LogP contribution in [0.2, 0.25) is 0 Å². The largest absolute Gasteiger partial charge is 0.497 e. The first kappa shape index (κ1) is 15.3. The SMILES string of the molecule is CCCNc1ncccc1COCc1cccc(OC)c1. The standard InChI is InChI=1S/C17H22N2O2/c1-3-9-18-17-15(7-5-10-19-17)13-21-12-14-6-4-8-16(11-14)20-2/h4-8,10-11H,3,9,12-13H2,1-2H3,(H,18,19). The van der Waals surface area contributed by atoms with Crippen molar-refractivity contribution in [2.75, 3.05) is 19.0 Å². The van der Waals surface area contributed by atoms with Crippen LogP contribution in [0.1, 0.15) is 24.5 Å². The highest BCUT2D eigenvalue weighted by molar-refractivity contribution is 5.43. The van der Waals surface area contributed by atoms with Crippen LogP contribution in [0.4, 0.5) is 5.82 Å². The van der Waals surface area contributed by atoms with Gasteiger partial charge in [0.1, 0.15) is 11.6 Å². The van der Waals surface area contributed by atoms with Gasteiger partial charge in [-0.15, -0.1) is 0 Å². The molecule has 0 atom stereocenters. The van der Waals surface area contributed by atoms with Gasteiger partial charge in [-0.1, -0.05) is 25.1 Å². The van der Waals surface area contributed by atoms with E-state index in [1.54, 1.807) is 13.3 Å². The molecule has 0 aliphatic rings. The average molecular weight is 286 g/mol. The monoisotopic (exact) mass is 286 g/mol. The third-order valence-corrected chi connectivity index (χ3v) is 3.09. The fourth-order valence-corrected chi connectivity index (χ4v) is 2.00. The van der Waals surface area contributed by atoms with Crippen LogP contribution in [0.25, 0.3) is 0 Å². The van der Waals surface area contributed by atoms with Crippen molar-refractivity contribution in [1.82, 2.24) is 4.98 Å². The van der Waals surface area contributed by atoms with Crippen molar-refractivity contribution in [3.63, 3.8) is 0 Å². The Balaban J connectivity index is 1.90. The minimum Gasteiger partial charge on any atom is -0.497 e. The summed E-state index contributed by atoms with van der Waals surface area (Å²) in [5.74, 6) is 1.76. The molecule has 0 saturated heterocycles. The molecule has 4 heteroatoms. The number of hydrogen-bond donors (Lipinski definition) is 1. The lowest BCUT2D eigenvalue weighted by Crippen LogP contribution is -2.06. The lowest BCUT2D eigenvalue weighted by atomic mass is 10.2. The van der Waals surface area contributed by atoms with Crippen molar-refractivity contribution in [2.45, 2.75) is 26.6 Å². The molecule has 0 radical (unpaired) electrons. The van der Waals surface area contributed by atoms with Crippen molar-refractivity contribution in [3.8, 4) is 5.75 Å². The van der Waals surface area contributed by atoms with E-state index in [2.05, 4.69) is 17.2 Å². The van der Waals surface area contributed by atoms with E-state index < -0.39 is 0 Å². The Kier molecular flexibility index (Phi) is 6.03. The lowest BCUT2D eigenvalue weighted by Gasteiger charge is -2.11. The number of methoxy groups -OCH3 is 1. The van der Waals surface area contributed by atoms with Crippen molar-refractivity contribution >= 4 is 5.82 Å². The minimum absolute atomic E-state index is 0.539. The van der Waals surface area contributed by atoms with Gasteiger partial charge in [0.25, 0.3) is 0 Å². The molecule has 0 aliphatic carbocycles. The Morgan fingerprint density at radius 2 is 2.05 bits per heavy atom. The number of ether oxygens (including phenoxy) is 2. The molecule has 0 spiro atoms. The predicted octanol–water partition coefficient (Wildman–Crippen LogP) is 3.63. The third kappa shape index (κ3) is 4.76. The summed E-state index contributed by atoms with van der Waals surface area (Å²) in [5.41, 5.74) is 2.18. The van der Waals surface area contributed by atoms with Gasteiger partial charge in [-0.05, 0) is 30.2 Å². The zero-order valence-electron chi connectivity index (χ0n) is 12.6. The molecular weight excluding hydrogens is 264 g/mol. The molecule has 2 aromatic rings. The molecule has 1 heterocycles. The highest BCUT2D eigenvalue weighted by Gasteiger charge is 2.03. The Labute approximate surface area is 126 Å². The van der Waals surface area contributed by atoms with Crippen LogP contribution in [0.5, 0.6) is 5.75 Å². The molecule has 0 saturated carbocycles. The van der Waals surface area contributed by atoms with Crippen LogP contribution in [0.3, 0.4) is 0 Å². The molecule has 112 valence electrons. The van der Waals surface area contributed by atoms with E-state index in [9.17, 15) is 0 Å².